The lowest BCUT2D eigenvalue weighted by molar-refractivity contribution is 0.480. The average molecular weight is 543 g/mol. The van der Waals surface area contributed by atoms with Gasteiger partial charge in [-0.25, -0.2) is 9.36 Å². The fourth-order valence-corrected chi connectivity index (χ4v) is 5.16. The number of furan rings is 1. The van der Waals surface area contributed by atoms with Crippen molar-refractivity contribution < 1.29 is 30.4 Å². The molecule has 0 aliphatic heterocycles. The average Bonchev–Trinajstić information content (AvgIpc) is 3.57. The van der Waals surface area contributed by atoms with Crippen molar-refractivity contribution in [3.8, 4) is 34.3 Å². The quantitative estimate of drug-likeness (QED) is 0.301. The first-order chi connectivity index (χ1) is 17.4. The van der Waals surface area contributed by atoms with Crippen LogP contribution in [0.2, 0.25) is 0 Å². The molecular formula is C22H18N6O7S2. The highest BCUT2D eigenvalue weighted by molar-refractivity contribution is 7.86. The van der Waals surface area contributed by atoms with E-state index in [4.69, 9.17) is 4.42 Å². The minimum Gasteiger partial charge on any atom is -0.453 e. The van der Waals surface area contributed by atoms with E-state index in [9.17, 15) is 25.9 Å². The van der Waals surface area contributed by atoms with Crippen molar-refractivity contribution in [3.63, 3.8) is 0 Å². The summed E-state index contributed by atoms with van der Waals surface area (Å²) in [7, 11) is -8.65. The van der Waals surface area contributed by atoms with Gasteiger partial charge in [0.1, 0.15) is 11.4 Å². The predicted molar refractivity (Wildman–Crippen MR) is 129 cm³/mol. The minimum absolute atomic E-state index is 0.190. The van der Waals surface area contributed by atoms with Crippen molar-refractivity contribution in [1.82, 2.24) is 30.0 Å². The van der Waals surface area contributed by atoms with Gasteiger partial charge in [-0.3, -0.25) is 9.11 Å². The van der Waals surface area contributed by atoms with E-state index in [2.05, 4.69) is 20.6 Å². The van der Waals surface area contributed by atoms with Crippen LogP contribution in [0.4, 0.5) is 0 Å². The Kier molecular flexibility index (Phi) is 5.79. The summed E-state index contributed by atoms with van der Waals surface area (Å²) in [6.45, 7) is 3.11. The summed E-state index contributed by atoms with van der Waals surface area (Å²) >= 11 is 0. The van der Waals surface area contributed by atoms with Crippen LogP contribution in [0.1, 0.15) is 11.1 Å². The van der Waals surface area contributed by atoms with Crippen LogP contribution in [-0.4, -0.2) is 55.9 Å². The standard InChI is InChI=1S/C22H18N6O7S2/c1-13-9-15(3-7-21(13)36(29,30)31)27-11-17(23-25-27)19-5-6-20(35-19)18-12-28(26-24-18)16-4-8-22(14(2)10-16)37(32,33)34/h3-12H,1-2H3,(H,29,30,31)(H,32,33,34). The van der Waals surface area contributed by atoms with E-state index in [1.165, 1.54) is 33.6 Å². The lowest BCUT2D eigenvalue weighted by Gasteiger charge is -2.05. The van der Waals surface area contributed by atoms with Crippen LogP contribution in [0.25, 0.3) is 34.3 Å². The number of rotatable bonds is 6. The van der Waals surface area contributed by atoms with Gasteiger partial charge in [0, 0.05) is 0 Å². The van der Waals surface area contributed by atoms with Gasteiger partial charge in [0.2, 0.25) is 0 Å². The maximum Gasteiger partial charge on any atom is 0.294 e. The first kappa shape index (κ1) is 24.5. The van der Waals surface area contributed by atoms with E-state index in [0.717, 1.165) is 0 Å². The van der Waals surface area contributed by atoms with E-state index in [1.54, 1.807) is 50.5 Å². The zero-order valence-electron chi connectivity index (χ0n) is 19.2. The number of aryl methyl sites for hydroxylation is 2. The molecule has 15 heteroatoms. The van der Waals surface area contributed by atoms with Gasteiger partial charge in [-0.15, -0.1) is 10.2 Å². The Morgan fingerprint density at radius 3 is 1.43 bits per heavy atom. The monoisotopic (exact) mass is 542 g/mol. The maximum absolute atomic E-state index is 11.4. The van der Waals surface area contributed by atoms with E-state index >= 15 is 0 Å². The summed E-state index contributed by atoms with van der Waals surface area (Å²) in [5, 5.41) is 16.3. The van der Waals surface area contributed by atoms with Crippen molar-refractivity contribution >= 4 is 20.2 Å². The molecule has 5 aromatic rings. The van der Waals surface area contributed by atoms with Crippen LogP contribution in [0.15, 0.2) is 75.1 Å². The molecule has 190 valence electrons. The van der Waals surface area contributed by atoms with Crippen LogP contribution in [0.5, 0.6) is 0 Å². The number of hydrogen-bond donors (Lipinski definition) is 2. The lowest BCUT2D eigenvalue weighted by Crippen LogP contribution is -2.03. The molecule has 13 nitrogen and oxygen atoms in total. The molecule has 0 fully saturated rings. The number of benzene rings is 2. The molecule has 3 heterocycles. The van der Waals surface area contributed by atoms with E-state index < -0.39 is 20.2 Å². The van der Waals surface area contributed by atoms with Crippen molar-refractivity contribution in [3.05, 3.63) is 72.1 Å². The van der Waals surface area contributed by atoms with Gasteiger partial charge in [0.25, 0.3) is 20.2 Å². The topological polar surface area (TPSA) is 183 Å². The Labute approximate surface area is 210 Å². The van der Waals surface area contributed by atoms with Gasteiger partial charge >= 0.3 is 0 Å². The molecule has 0 unspecified atom stereocenters. The second-order valence-corrected chi connectivity index (χ2v) is 10.9. The second-order valence-electron chi connectivity index (χ2n) is 8.11. The SMILES string of the molecule is Cc1cc(-n2cc(-c3ccc(-c4cn(-c5ccc(S(=O)(=O)O)c(C)c5)nn4)o3)nn2)ccc1S(=O)(=O)O. The highest BCUT2D eigenvalue weighted by Gasteiger charge is 2.17. The lowest BCUT2D eigenvalue weighted by atomic mass is 10.2. The zero-order chi connectivity index (χ0) is 26.5. The summed E-state index contributed by atoms with van der Waals surface area (Å²) in [5.74, 6) is 0.797. The Hall–Kier alpha value is -4.18. The molecule has 0 saturated heterocycles. The molecule has 0 radical (unpaired) electrons. The predicted octanol–water partition coefficient (Wildman–Crippen LogP) is 2.89. The Morgan fingerprint density at radius 1 is 0.676 bits per heavy atom. The molecule has 0 spiro atoms. The molecule has 0 atom stereocenters. The molecule has 0 amide bonds. The van der Waals surface area contributed by atoms with Gasteiger partial charge in [0.05, 0.1) is 33.6 Å². The van der Waals surface area contributed by atoms with Gasteiger partial charge in [-0.05, 0) is 73.5 Å². The minimum atomic E-state index is -4.33. The smallest absolute Gasteiger partial charge is 0.294 e. The number of nitrogens with zero attached hydrogens (tertiary/aromatic N) is 6. The van der Waals surface area contributed by atoms with Crippen LogP contribution >= 0.6 is 0 Å². The van der Waals surface area contributed by atoms with Gasteiger partial charge < -0.3 is 4.42 Å². The van der Waals surface area contributed by atoms with Crippen LogP contribution < -0.4 is 0 Å². The van der Waals surface area contributed by atoms with Crippen molar-refractivity contribution in [1.29, 1.82) is 0 Å². The third-order valence-electron chi connectivity index (χ3n) is 5.50. The molecule has 37 heavy (non-hydrogen) atoms. The van der Waals surface area contributed by atoms with Crippen LogP contribution in [-0.2, 0) is 20.2 Å². The largest absolute Gasteiger partial charge is 0.453 e. The third kappa shape index (κ3) is 4.79. The third-order valence-corrected chi connectivity index (χ3v) is 7.53. The Morgan fingerprint density at radius 2 is 1.08 bits per heavy atom. The highest BCUT2D eigenvalue weighted by atomic mass is 32.2. The van der Waals surface area contributed by atoms with E-state index in [0.29, 0.717) is 45.4 Å². The van der Waals surface area contributed by atoms with Crippen molar-refractivity contribution in [2.75, 3.05) is 0 Å². The molecule has 0 bridgehead atoms. The molecule has 3 aromatic heterocycles. The Balaban J connectivity index is 1.39. The van der Waals surface area contributed by atoms with Crippen LogP contribution in [0.3, 0.4) is 0 Å². The van der Waals surface area contributed by atoms with E-state index in [1.807, 2.05) is 0 Å². The van der Waals surface area contributed by atoms with Crippen LogP contribution in [0, 0.1) is 13.8 Å². The normalized spacial score (nSPS) is 12.2. The summed E-state index contributed by atoms with van der Waals surface area (Å²) in [6.07, 6.45) is 3.20. The molecule has 2 aromatic carbocycles. The number of hydrogen-bond acceptors (Lipinski definition) is 9. The summed E-state index contributed by atoms with van der Waals surface area (Å²) in [6, 6.07) is 12.0. The second kappa shape index (κ2) is 8.74. The first-order valence-corrected chi connectivity index (χ1v) is 13.4. The molecule has 2 N–H and O–H groups in total. The zero-order valence-corrected chi connectivity index (χ0v) is 20.8. The summed E-state index contributed by atoms with van der Waals surface area (Å²) in [5.41, 5.74) is 2.59. The van der Waals surface area contributed by atoms with Gasteiger partial charge in [-0.1, -0.05) is 10.4 Å². The summed E-state index contributed by atoms with van der Waals surface area (Å²) in [4.78, 5) is -0.380. The number of aromatic nitrogens is 6. The fourth-order valence-electron chi connectivity index (χ4n) is 3.75. The van der Waals surface area contributed by atoms with Crippen molar-refractivity contribution in [2.45, 2.75) is 23.6 Å². The molecular weight excluding hydrogens is 524 g/mol. The highest BCUT2D eigenvalue weighted by Crippen LogP contribution is 2.28. The van der Waals surface area contributed by atoms with Gasteiger partial charge in [0.15, 0.2) is 11.5 Å². The van der Waals surface area contributed by atoms with Crippen molar-refractivity contribution in [2.24, 2.45) is 0 Å². The molecule has 0 saturated carbocycles. The van der Waals surface area contributed by atoms with Gasteiger partial charge in [-0.2, -0.15) is 16.8 Å². The van der Waals surface area contributed by atoms with E-state index in [-0.39, 0.29) is 9.79 Å². The fraction of sp³-hybridized carbons (Fsp3) is 0.0909. The summed E-state index contributed by atoms with van der Waals surface area (Å²) < 4.78 is 73.0. The molecule has 0 aliphatic carbocycles. The molecule has 0 aliphatic rings. The molecule has 5 rings (SSSR count). The first-order valence-electron chi connectivity index (χ1n) is 10.5. The Bertz CT molecular complexity index is 1740. The maximum atomic E-state index is 11.4.